The number of nitrogens with one attached hydrogen (secondary N) is 1. The SMILES string of the molecule is CC(C)CN1CCN(CC(C)(NC2CC2)C(N)=O)CC1. The van der Waals surface area contributed by atoms with Gasteiger partial charge in [-0.15, -0.1) is 0 Å². The fourth-order valence-electron chi connectivity index (χ4n) is 2.97. The van der Waals surface area contributed by atoms with Crippen molar-refractivity contribution in [1.29, 1.82) is 0 Å². The number of carbonyl (C=O) groups is 1. The minimum Gasteiger partial charge on any atom is -0.368 e. The zero-order valence-electron chi connectivity index (χ0n) is 13.2. The molecular weight excluding hydrogens is 252 g/mol. The molecule has 0 aromatic carbocycles. The van der Waals surface area contributed by atoms with Crippen molar-refractivity contribution in [2.45, 2.75) is 45.2 Å². The highest BCUT2D eigenvalue weighted by molar-refractivity contribution is 5.84. The molecule has 0 spiro atoms. The summed E-state index contributed by atoms with van der Waals surface area (Å²) in [7, 11) is 0. The van der Waals surface area contributed by atoms with Crippen molar-refractivity contribution in [1.82, 2.24) is 15.1 Å². The number of rotatable bonds is 7. The lowest BCUT2D eigenvalue weighted by Crippen LogP contribution is -2.62. The van der Waals surface area contributed by atoms with Gasteiger partial charge in [0.15, 0.2) is 0 Å². The second-order valence-corrected chi connectivity index (χ2v) is 7.09. The van der Waals surface area contributed by atoms with Crippen LogP contribution in [0.3, 0.4) is 0 Å². The molecule has 0 bridgehead atoms. The molecule has 1 saturated carbocycles. The Bertz CT molecular complexity index is 335. The van der Waals surface area contributed by atoms with Crippen molar-refractivity contribution < 1.29 is 4.79 Å². The van der Waals surface area contributed by atoms with Crippen LogP contribution in [0.1, 0.15) is 33.6 Å². The van der Waals surface area contributed by atoms with Gasteiger partial charge >= 0.3 is 0 Å². The van der Waals surface area contributed by atoms with E-state index in [4.69, 9.17) is 5.73 Å². The van der Waals surface area contributed by atoms with E-state index in [-0.39, 0.29) is 5.91 Å². The van der Waals surface area contributed by atoms with Crippen molar-refractivity contribution in [3.8, 4) is 0 Å². The van der Waals surface area contributed by atoms with Crippen molar-refractivity contribution in [2.75, 3.05) is 39.3 Å². The van der Waals surface area contributed by atoms with Gasteiger partial charge in [-0.25, -0.2) is 0 Å². The number of primary amides is 1. The van der Waals surface area contributed by atoms with Crippen molar-refractivity contribution >= 4 is 5.91 Å². The monoisotopic (exact) mass is 282 g/mol. The third-order valence-corrected chi connectivity index (χ3v) is 4.27. The van der Waals surface area contributed by atoms with Crippen LogP contribution in [0.2, 0.25) is 0 Å². The highest BCUT2D eigenvalue weighted by Gasteiger charge is 2.38. The first kappa shape index (κ1) is 15.7. The van der Waals surface area contributed by atoms with Crippen LogP contribution in [0, 0.1) is 5.92 Å². The van der Waals surface area contributed by atoms with E-state index in [2.05, 4.69) is 29.0 Å². The Labute approximate surface area is 122 Å². The third kappa shape index (κ3) is 4.43. The standard InChI is InChI=1S/C15H30N4O/c1-12(2)10-18-6-8-19(9-7-18)11-15(3,14(16)20)17-13-4-5-13/h12-13,17H,4-11H2,1-3H3,(H2,16,20). The summed E-state index contributed by atoms with van der Waals surface area (Å²) in [5.41, 5.74) is 5.04. The van der Waals surface area contributed by atoms with Gasteiger partial charge in [-0.05, 0) is 25.7 Å². The second-order valence-electron chi connectivity index (χ2n) is 7.09. The van der Waals surface area contributed by atoms with Crippen LogP contribution < -0.4 is 11.1 Å². The summed E-state index contributed by atoms with van der Waals surface area (Å²) in [4.78, 5) is 16.7. The molecule has 1 saturated heterocycles. The summed E-state index contributed by atoms with van der Waals surface area (Å²) in [5, 5.41) is 3.43. The topological polar surface area (TPSA) is 61.6 Å². The lowest BCUT2D eigenvalue weighted by Gasteiger charge is -2.40. The number of carbonyl (C=O) groups excluding carboxylic acids is 1. The average Bonchev–Trinajstić information content (AvgIpc) is 3.14. The Morgan fingerprint density at radius 1 is 1.25 bits per heavy atom. The van der Waals surface area contributed by atoms with Gasteiger partial charge in [0, 0.05) is 45.3 Å². The lowest BCUT2D eigenvalue weighted by molar-refractivity contribution is -0.124. The molecule has 3 N–H and O–H groups in total. The van der Waals surface area contributed by atoms with Crippen molar-refractivity contribution in [2.24, 2.45) is 11.7 Å². The van der Waals surface area contributed by atoms with E-state index >= 15 is 0 Å². The smallest absolute Gasteiger partial charge is 0.238 e. The summed E-state index contributed by atoms with van der Waals surface area (Å²) < 4.78 is 0. The van der Waals surface area contributed by atoms with Crippen LogP contribution >= 0.6 is 0 Å². The molecule has 2 rings (SSSR count). The van der Waals surface area contributed by atoms with Gasteiger partial charge < -0.3 is 10.6 Å². The zero-order valence-corrected chi connectivity index (χ0v) is 13.2. The van der Waals surface area contributed by atoms with Crippen LogP contribution in [0.4, 0.5) is 0 Å². The molecule has 5 heteroatoms. The molecule has 0 aromatic heterocycles. The van der Waals surface area contributed by atoms with E-state index in [0.29, 0.717) is 12.0 Å². The number of nitrogens with zero attached hydrogens (tertiary/aromatic N) is 2. The molecule has 1 aliphatic heterocycles. The summed E-state index contributed by atoms with van der Waals surface area (Å²) in [6.07, 6.45) is 2.34. The first-order valence-electron chi connectivity index (χ1n) is 7.91. The number of piperazine rings is 1. The van der Waals surface area contributed by atoms with Crippen LogP contribution in [-0.2, 0) is 4.79 Å². The summed E-state index contributed by atoms with van der Waals surface area (Å²) in [5.74, 6) is 0.489. The summed E-state index contributed by atoms with van der Waals surface area (Å²) in [6, 6.07) is 0.495. The zero-order chi connectivity index (χ0) is 14.8. The van der Waals surface area contributed by atoms with Gasteiger partial charge in [-0.2, -0.15) is 0 Å². The van der Waals surface area contributed by atoms with E-state index in [1.807, 2.05) is 6.92 Å². The van der Waals surface area contributed by atoms with E-state index in [0.717, 1.165) is 32.7 Å². The lowest BCUT2D eigenvalue weighted by atomic mass is 10.00. The number of nitrogens with two attached hydrogens (primary N) is 1. The van der Waals surface area contributed by atoms with Gasteiger partial charge in [0.1, 0.15) is 5.54 Å². The Balaban J connectivity index is 1.81. The van der Waals surface area contributed by atoms with Crippen LogP contribution in [-0.4, -0.2) is 66.6 Å². The normalized spacial score (nSPS) is 24.8. The first-order chi connectivity index (χ1) is 9.39. The van der Waals surface area contributed by atoms with Crippen LogP contribution in [0.25, 0.3) is 0 Å². The highest BCUT2D eigenvalue weighted by Crippen LogP contribution is 2.23. The molecule has 5 nitrogen and oxygen atoms in total. The maximum Gasteiger partial charge on any atom is 0.238 e. The molecule has 1 heterocycles. The Hall–Kier alpha value is -0.650. The fourth-order valence-corrected chi connectivity index (χ4v) is 2.97. The molecule has 116 valence electrons. The molecule has 1 amide bonds. The minimum atomic E-state index is -0.582. The molecule has 1 aliphatic carbocycles. The Morgan fingerprint density at radius 2 is 1.80 bits per heavy atom. The van der Waals surface area contributed by atoms with Gasteiger partial charge in [-0.3, -0.25) is 15.0 Å². The van der Waals surface area contributed by atoms with Gasteiger partial charge in [0.05, 0.1) is 0 Å². The van der Waals surface area contributed by atoms with Crippen LogP contribution in [0.15, 0.2) is 0 Å². The van der Waals surface area contributed by atoms with Crippen molar-refractivity contribution in [3.05, 3.63) is 0 Å². The number of hydrogen-bond donors (Lipinski definition) is 2. The minimum absolute atomic E-state index is 0.228. The third-order valence-electron chi connectivity index (χ3n) is 4.27. The quantitative estimate of drug-likeness (QED) is 0.703. The maximum absolute atomic E-state index is 11.8. The average molecular weight is 282 g/mol. The number of hydrogen-bond acceptors (Lipinski definition) is 4. The fraction of sp³-hybridized carbons (Fsp3) is 0.933. The van der Waals surface area contributed by atoms with E-state index in [1.54, 1.807) is 0 Å². The molecule has 1 unspecified atom stereocenters. The van der Waals surface area contributed by atoms with E-state index in [9.17, 15) is 4.79 Å². The van der Waals surface area contributed by atoms with Gasteiger partial charge in [-0.1, -0.05) is 13.8 Å². The molecule has 1 atom stereocenters. The van der Waals surface area contributed by atoms with E-state index < -0.39 is 5.54 Å². The molecule has 20 heavy (non-hydrogen) atoms. The molecule has 0 aromatic rings. The predicted molar refractivity (Wildman–Crippen MR) is 81.5 cm³/mol. The highest BCUT2D eigenvalue weighted by atomic mass is 16.1. The molecule has 2 fully saturated rings. The summed E-state index contributed by atoms with van der Waals surface area (Å²) in [6.45, 7) is 12.6. The van der Waals surface area contributed by atoms with Crippen LogP contribution in [0.5, 0.6) is 0 Å². The number of amides is 1. The molecule has 0 radical (unpaired) electrons. The van der Waals surface area contributed by atoms with Crippen molar-refractivity contribution in [3.63, 3.8) is 0 Å². The van der Waals surface area contributed by atoms with Gasteiger partial charge in [0.2, 0.25) is 5.91 Å². The Kier molecular flexibility index (Phi) is 5.04. The predicted octanol–water partition coefficient (Wildman–Crippen LogP) is 0.256. The summed E-state index contributed by atoms with van der Waals surface area (Å²) >= 11 is 0. The van der Waals surface area contributed by atoms with E-state index in [1.165, 1.54) is 19.4 Å². The molecular formula is C15H30N4O. The molecule has 2 aliphatic rings. The first-order valence-corrected chi connectivity index (χ1v) is 7.91. The largest absolute Gasteiger partial charge is 0.368 e. The maximum atomic E-state index is 11.8. The van der Waals surface area contributed by atoms with Gasteiger partial charge in [0.25, 0.3) is 0 Å². The Morgan fingerprint density at radius 3 is 2.25 bits per heavy atom. The second kappa shape index (κ2) is 6.41.